The molecule has 1 aromatic carbocycles. The summed E-state index contributed by atoms with van der Waals surface area (Å²) < 4.78 is 13.3. The highest BCUT2D eigenvalue weighted by atomic mass is 19.1. The van der Waals surface area contributed by atoms with Gasteiger partial charge in [-0.15, -0.1) is 0 Å². The van der Waals surface area contributed by atoms with Gasteiger partial charge in [-0.3, -0.25) is 0 Å². The zero-order valence-corrected chi connectivity index (χ0v) is 7.97. The fourth-order valence-electron chi connectivity index (χ4n) is 1.24. The highest BCUT2D eigenvalue weighted by molar-refractivity contribution is 5.64. The average molecular weight is 179 g/mol. The number of rotatable bonds is 2. The lowest BCUT2D eigenvalue weighted by molar-refractivity contribution is 0.599. The Hall–Kier alpha value is -1.31. The molecule has 2 N–H and O–H groups in total. The van der Waals surface area contributed by atoms with Crippen LogP contribution in [-0.4, -0.2) is 0 Å². The Kier molecular flexibility index (Phi) is 2.71. The summed E-state index contributed by atoms with van der Waals surface area (Å²) in [6.07, 6.45) is 1.64. The topological polar surface area (TPSA) is 26.0 Å². The molecule has 0 saturated carbocycles. The Bertz CT molecular complexity index is 329. The lowest BCUT2D eigenvalue weighted by atomic mass is 9.99. The monoisotopic (exact) mass is 179 g/mol. The smallest absolute Gasteiger partial charge is 0.128 e. The first kappa shape index (κ1) is 9.78. The fraction of sp³-hybridized carbons (Fsp3) is 0.273. The van der Waals surface area contributed by atoms with Crippen LogP contribution >= 0.6 is 0 Å². The van der Waals surface area contributed by atoms with Crippen molar-refractivity contribution in [3.63, 3.8) is 0 Å². The molecule has 0 saturated heterocycles. The molecule has 0 aliphatic carbocycles. The summed E-state index contributed by atoms with van der Waals surface area (Å²) in [6.45, 7) is 7.51. The van der Waals surface area contributed by atoms with E-state index < -0.39 is 0 Å². The molecule has 1 rings (SSSR count). The van der Waals surface area contributed by atoms with Crippen molar-refractivity contribution in [2.75, 3.05) is 5.73 Å². The van der Waals surface area contributed by atoms with Crippen LogP contribution in [0.1, 0.15) is 30.9 Å². The van der Waals surface area contributed by atoms with Crippen LogP contribution < -0.4 is 5.73 Å². The molecule has 0 radical (unpaired) electrons. The van der Waals surface area contributed by atoms with Crippen molar-refractivity contribution in [3.8, 4) is 0 Å². The molecule has 1 aromatic rings. The molecule has 0 fully saturated rings. The van der Waals surface area contributed by atoms with Gasteiger partial charge >= 0.3 is 0 Å². The molecule has 0 spiro atoms. The predicted octanol–water partition coefficient (Wildman–Crippen LogP) is 3.17. The van der Waals surface area contributed by atoms with Gasteiger partial charge in [0.15, 0.2) is 0 Å². The van der Waals surface area contributed by atoms with Gasteiger partial charge in [-0.1, -0.05) is 26.5 Å². The molecule has 0 aliphatic rings. The summed E-state index contributed by atoms with van der Waals surface area (Å²) in [7, 11) is 0. The Balaban J connectivity index is 3.30. The molecule has 0 aromatic heterocycles. The van der Waals surface area contributed by atoms with E-state index in [0.29, 0.717) is 11.3 Å². The lowest BCUT2D eigenvalue weighted by Gasteiger charge is -2.09. The van der Waals surface area contributed by atoms with Crippen LogP contribution in [0.5, 0.6) is 0 Å². The molecule has 0 heterocycles. The minimum Gasteiger partial charge on any atom is -0.398 e. The first-order valence-electron chi connectivity index (χ1n) is 4.27. The molecule has 0 amide bonds. The number of nitrogen functional groups attached to an aromatic ring is 1. The standard InChI is InChI=1S/C11H14FN/c1-4-8-5-9(7(2)3)10(12)6-11(8)13/h4-7H,1,13H2,2-3H3. The number of benzene rings is 1. The van der Waals surface area contributed by atoms with Crippen molar-refractivity contribution in [2.45, 2.75) is 19.8 Å². The Labute approximate surface area is 78.1 Å². The predicted molar refractivity (Wildman–Crippen MR) is 55.0 cm³/mol. The van der Waals surface area contributed by atoms with Crippen LogP contribution in [0.2, 0.25) is 0 Å². The third kappa shape index (κ3) is 1.89. The van der Waals surface area contributed by atoms with Crippen molar-refractivity contribution < 1.29 is 4.39 Å². The van der Waals surface area contributed by atoms with E-state index in [-0.39, 0.29) is 11.7 Å². The first-order valence-corrected chi connectivity index (χ1v) is 4.27. The van der Waals surface area contributed by atoms with Crippen molar-refractivity contribution in [1.29, 1.82) is 0 Å². The number of hydrogen-bond donors (Lipinski definition) is 1. The molecule has 0 atom stereocenters. The van der Waals surface area contributed by atoms with E-state index >= 15 is 0 Å². The van der Waals surface area contributed by atoms with Crippen molar-refractivity contribution in [2.24, 2.45) is 0 Å². The maximum absolute atomic E-state index is 13.3. The maximum Gasteiger partial charge on any atom is 0.128 e. The van der Waals surface area contributed by atoms with E-state index in [9.17, 15) is 4.39 Å². The van der Waals surface area contributed by atoms with Gasteiger partial charge in [0.2, 0.25) is 0 Å². The van der Waals surface area contributed by atoms with Gasteiger partial charge in [0, 0.05) is 5.69 Å². The summed E-state index contributed by atoms with van der Waals surface area (Å²) in [5.41, 5.74) is 7.51. The van der Waals surface area contributed by atoms with Crippen molar-refractivity contribution in [1.82, 2.24) is 0 Å². The first-order chi connectivity index (χ1) is 6.06. The molecule has 0 unspecified atom stereocenters. The van der Waals surface area contributed by atoms with E-state index in [0.717, 1.165) is 5.56 Å². The van der Waals surface area contributed by atoms with Gasteiger partial charge in [-0.05, 0) is 29.2 Å². The van der Waals surface area contributed by atoms with E-state index in [1.807, 2.05) is 13.8 Å². The highest BCUT2D eigenvalue weighted by Gasteiger charge is 2.08. The number of anilines is 1. The van der Waals surface area contributed by atoms with Crippen LogP contribution in [0, 0.1) is 5.82 Å². The van der Waals surface area contributed by atoms with Crippen LogP contribution in [0.25, 0.3) is 6.08 Å². The molecular formula is C11H14FN. The summed E-state index contributed by atoms with van der Waals surface area (Å²) in [6, 6.07) is 3.11. The molecule has 1 nitrogen and oxygen atoms in total. The second kappa shape index (κ2) is 3.60. The molecule has 70 valence electrons. The second-order valence-electron chi connectivity index (χ2n) is 3.36. The van der Waals surface area contributed by atoms with Gasteiger partial charge in [-0.2, -0.15) is 0 Å². The zero-order chi connectivity index (χ0) is 10.0. The highest BCUT2D eigenvalue weighted by Crippen LogP contribution is 2.24. The third-order valence-electron chi connectivity index (χ3n) is 2.04. The van der Waals surface area contributed by atoms with Gasteiger partial charge in [0.1, 0.15) is 5.82 Å². The van der Waals surface area contributed by atoms with Gasteiger partial charge in [-0.25, -0.2) is 4.39 Å². The largest absolute Gasteiger partial charge is 0.398 e. The summed E-state index contributed by atoms with van der Waals surface area (Å²) in [5.74, 6) is -0.0719. The minimum absolute atomic E-state index is 0.166. The van der Waals surface area contributed by atoms with E-state index in [1.165, 1.54) is 6.07 Å². The SMILES string of the molecule is C=Cc1cc(C(C)C)c(F)cc1N. The second-order valence-corrected chi connectivity index (χ2v) is 3.36. The van der Waals surface area contributed by atoms with Crippen LogP contribution in [0.3, 0.4) is 0 Å². The van der Waals surface area contributed by atoms with Crippen molar-refractivity contribution in [3.05, 3.63) is 35.7 Å². The summed E-state index contributed by atoms with van der Waals surface area (Å²) in [5, 5.41) is 0. The van der Waals surface area contributed by atoms with E-state index in [2.05, 4.69) is 6.58 Å². The van der Waals surface area contributed by atoms with Crippen LogP contribution in [-0.2, 0) is 0 Å². The van der Waals surface area contributed by atoms with Crippen molar-refractivity contribution >= 4 is 11.8 Å². The number of hydrogen-bond acceptors (Lipinski definition) is 1. The van der Waals surface area contributed by atoms with Crippen LogP contribution in [0.4, 0.5) is 10.1 Å². The summed E-state index contributed by atoms with van der Waals surface area (Å²) in [4.78, 5) is 0. The minimum atomic E-state index is -0.238. The molecular weight excluding hydrogens is 165 g/mol. The maximum atomic E-state index is 13.3. The summed E-state index contributed by atoms with van der Waals surface area (Å²) >= 11 is 0. The van der Waals surface area contributed by atoms with Gasteiger partial charge in [0.25, 0.3) is 0 Å². The Morgan fingerprint density at radius 1 is 1.46 bits per heavy atom. The molecule has 2 heteroatoms. The van der Waals surface area contributed by atoms with Gasteiger partial charge in [0.05, 0.1) is 0 Å². The quantitative estimate of drug-likeness (QED) is 0.693. The number of halogens is 1. The number of nitrogens with two attached hydrogens (primary N) is 1. The zero-order valence-electron chi connectivity index (χ0n) is 7.97. The van der Waals surface area contributed by atoms with Crippen LogP contribution in [0.15, 0.2) is 18.7 Å². The Morgan fingerprint density at radius 3 is 2.54 bits per heavy atom. The molecule has 0 aliphatic heterocycles. The third-order valence-corrected chi connectivity index (χ3v) is 2.04. The van der Waals surface area contributed by atoms with E-state index in [4.69, 9.17) is 5.73 Å². The lowest BCUT2D eigenvalue weighted by Crippen LogP contribution is -1.98. The fourth-order valence-corrected chi connectivity index (χ4v) is 1.24. The normalized spacial score (nSPS) is 10.5. The Morgan fingerprint density at radius 2 is 2.08 bits per heavy atom. The average Bonchev–Trinajstić information content (AvgIpc) is 2.03. The van der Waals surface area contributed by atoms with E-state index in [1.54, 1.807) is 12.1 Å². The van der Waals surface area contributed by atoms with Gasteiger partial charge < -0.3 is 5.73 Å². The molecule has 0 bridgehead atoms. The molecule has 13 heavy (non-hydrogen) atoms.